The standard InChI is InChI=1S/C19H19FOS.2C2H6/c1-11(2)14-9-15(17(21-4)10-16(14)20)19-12(3)22-18-8-6-5-7-13(18)19;2*1-2/h5-11H,1-4H3;2*1-2H3. The molecule has 3 rings (SSSR count). The second-order valence-corrected chi connectivity index (χ2v) is 7.01. The van der Waals surface area contributed by atoms with Gasteiger partial charge in [0.05, 0.1) is 7.11 Å². The smallest absolute Gasteiger partial charge is 0.130 e. The van der Waals surface area contributed by atoms with Crippen molar-refractivity contribution in [1.29, 1.82) is 0 Å². The van der Waals surface area contributed by atoms with Crippen LogP contribution in [0.3, 0.4) is 0 Å². The zero-order chi connectivity index (χ0) is 19.9. The monoisotopic (exact) mass is 374 g/mol. The van der Waals surface area contributed by atoms with Crippen molar-refractivity contribution < 1.29 is 9.13 Å². The third-order valence-electron chi connectivity index (χ3n) is 3.98. The molecule has 0 saturated carbocycles. The Balaban J connectivity index is 0.000000791. The van der Waals surface area contributed by atoms with Gasteiger partial charge in [0.2, 0.25) is 0 Å². The minimum atomic E-state index is -0.201. The Kier molecular flexibility index (Phi) is 8.80. The predicted molar refractivity (Wildman–Crippen MR) is 115 cm³/mol. The van der Waals surface area contributed by atoms with E-state index in [4.69, 9.17) is 4.74 Å². The summed E-state index contributed by atoms with van der Waals surface area (Å²) in [5.74, 6) is 0.524. The first kappa shape index (κ1) is 22.2. The molecule has 0 N–H and O–H groups in total. The number of methoxy groups -OCH3 is 1. The number of aryl methyl sites for hydroxylation is 1. The maximum absolute atomic E-state index is 14.2. The SMILES string of the molecule is CC.CC.COc1cc(F)c(C(C)C)cc1-c1c(C)sc2ccccc12. The third kappa shape index (κ3) is 4.45. The molecule has 3 aromatic rings. The topological polar surface area (TPSA) is 9.23 Å². The Bertz CT molecular complexity index is 834. The summed E-state index contributed by atoms with van der Waals surface area (Å²) in [5, 5.41) is 1.20. The van der Waals surface area contributed by atoms with Gasteiger partial charge in [-0.25, -0.2) is 4.39 Å². The molecule has 3 heteroatoms. The Morgan fingerprint density at radius 1 is 1.00 bits per heavy atom. The minimum Gasteiger partial charge on any atom is -0.496 e. The first-order chi connectivity index (χ1) is 12.5. The van der Waals surface area contributed by atoms with Gasteiger partial charge in [-0.15, -0.1) is 11.3 Å². The Labute approximate surface area is 161 Å². The summed E-state index contributed by atoms with van der Waals surface area (Å²) in [4.78, 5) is 1.22. The van der Waals surface area contributed by atoms with Crippen molar-refractivity contribution in [3.63, 3.8) is 0 Å². The maximum atomic E-state index is 14.2. The molecule has 0 aliphatic rings. The Hall–Kier alpha value is -1.87. The lowest BCUT2D eigenvalue weighted by Gasteiger charge is -2.14. The van der Waals surface area contributed by atoms with Crippen LogP contribution in [0.15, 0.2) is 36.4 Å². The lowest BCUT2D eigenvalue weighted by molar-refractivity contribution is 0.412. The van der Waals surface area contributed by atoms with Gasteiger partial charge in [0.15, 0.2) is 0 Å². The lowest BCUT2D eigenvalue weighted by atomic mass is 9.94. The van der Waals surface area contributed by atoms with Gasteiger partial charge in [-0.05, 0) is 30.5 Å². The molecule has 0 bridgehead atoms. The number of hydrogen-bond donors (Lipinski definition) is 0. The van der Waals surface area contributed by atoms with Gasteiger partial charge in [0.25, 0.3) is 0 Å². The number of rotatable bonds is 3. The molecule has 0 aliphatic carbocycles. The second kappa shape index (κ2) is 10.3. The van der Waals surface area contributed by atoms with Crippen molar-refractivity contribution >= 4 is 21.4 Å². The predicted octanol–water partition coefficient (Wildman–Crippen LogP) is 8.20. The molecule has 0 unspecified atom stereocenters. The molecule has 1 nitrogen and oxygen atoms in total. The fourth-order valence-electron chi connectivity index (χ4n) is 2.88. The van der Waals surface area contributed by atoms with Crippen LogP contribution in [0.25, 0.3) is 21.2 Å². The molecule has 0 radical (unpaired) electrons. The summed E-state index contributed by atoms with van der Waals surface area (Å²) < 4.78 is 20.9. The van der Waals surface area contributed by atoms with Gasteiger partial charge in [0.1, 0.15) is 11.6 Å². The van der Waals surface area contributed by atoms with Crippen LogP contribution < -0.4 is 4.74 Å². The number of ether oxygens (including phenoxy) is 1. The van der Waals surface area contributed by atoms with Crippen LogP contribution >= 0.6 is 11.3 Å². The highest BCUT2D eigenvalue weighted by Crippen LogP contribution is 2.43. The summed E-state index contributed by atoms with van der Waals surface area (Å²) in [6.45, 7) is 14.1. The highest BCUT2D eigenvalue weighted by molar-refractivity contribution is 7.19. The molecule has 2 aromatic carbocycles. The van der Waals surface area contributed by atoms with E-state index < -0.39 is 0 Å². The fraction of sp³-hybridized carbons (Fsp3) is 0.391. The number of thiophene rings is 1. The summed E-state index contributed by atoms with van der Waals surface area (Å²) in [6.07, 6.45) is 0. The van der Waals surface area contributed by atoms with E-state index in [1.807, 2.05) is 59.7 Å². The van der Waals surface area contributed by atoms with Crippen molar-refractivity contribution in [3.8, 4) is 16.9 Å². The quantitative estimate of drug-likeness (QED) is 0.449. The van der Waals surface area contributed by atoms with Crippen LogP contribution in [-0.4, -0.2) is 7.11 Å². The van der Waals surface area contributed by atoms with Gasteiger partial charge in [-0.1, -0.05) is 59.7 Å². The summed E-state index contributed by atoms with van der Waals surface area (Å²) in [7, 11) is 1.59. The van der Waals surface area contributed by atoms with Crippen molar-refractivity contribution in [2.75, 3.05) is 7.11 Å². The Morgan fingerprint density at radius 3 is 2.19 bits per heavy atom. The van der Waals surface area contributed by atoms with E-state index in [0.29, 0.717) is 5.75 Å². The van der Waals surface area contributed by atoms with E-state index in [1.54, 1.807) is 18.4 Å². The fourth-order valence-corrected chi connectivity index (χ4v) is 3.96. The average Bonchev–Trinajstić information content (AvgIpc) is 3.00. The zero-order valence-electron chi connectivity index (χ0n) is 17.2. The highest BCUT2D eigenvalue weighted by Gasteiger charge is 2.18. The normalized spacial score (nSPS) is 10.1. The molecule has 1 heterocycles. The molecule has 142 valence electrons. The molecule has 0 spiro atoms. The van der Waals surface area contributed by atoms with E-state index in [1.165, 1.54) is 21.0 Å². The average molecular weight is 375 g/mol. The number of fused-ring (bicyclic) bond motifs is 1. The number of benzene rings is 2. The maximum Gasteiger partial charge on any atom is 0.130 e. The largest absolute Gasteiger partial charge is 0.496 e. The molecule has 0 fully saturated rings. The first-order valence-electron chi connectivity index (χ1n) is 9.39. The van der Waals surface area contributed by atoms with Crippen LogP contribution in [-0.2, 0) is 0 Å². The highest BCUT2D eigenvalue weighted by atomic mass is 32.1. The van der Waals surface area contributed by atoms with E-state index in [0.717, 1.165) is 16.7 Å². The van der Waals surface area contributed by atoms with Gasteiger partial charge in [0, 0.05) is 32.2 Å². The molecule has 0 aliphatic heterocycles. The van der Waals surface area contributed by atoms with Gasteiger partial charge >= 0.3 is 0 Å². The van der Waals surface area contributed by atoms with Crippen LogP contribution in [0.2, 0.25) is 0 Å². The number of halogens is 1. The van der Waals surface area contributed by atoms with E-state index >= 15 is 0 Å². The zero-order valence-corrected chi connectivity index (χ0v) is 18.1. The van der Waals surface area contributed by atoms with Crippen LogP contribution in [0.1, 0.15) is 57.9 Å². The van der Waals surface area contributed by atoms with E-state index in [2.05, 4.69) is 19.1 Å². The molecule has 0 saturated heterocycles. The summed E-state index contributed by atoms with van der Waals surface area (Å²) in [6, 6.07) is 11.8. The van der Waals surface area contributed by atoms with Gasteiger partial charge < -0.3 is 4.74 Å². The lowest BCUT2D eigenvalue weighted by Crippen LogP contribution is -1.97. The van der Waals surface area contributed by atoms with Crippen molar-refractivity contribution in [3.05, 3.63) is 52.7 Å². The van der Waals surface area contributed by atoms with Crippen LogP contribution in [0.5, 0.6) is 5.75 Å². The molecule has 0 atom stereocenters. The van der Waals surface area contributed by atoms with Crippen molar-refractivity contribution in [2.45, 2.75) is 54.4 Å². The molecule has 0 amide bonds. The molecular weight excluding hydrogens is 343 g/mol. The third-order valence-corrected chi connectivity index (χ3v) is 5.07. The van der Waals surface area contributed by atoms with E-state index in [-0.39, 0.29) is 11.7 Å². The number of hydrogen-bond acceptors (Lipinski definition) is 2. The van der Waals surface area contributed by atoms with Crippen LogP contribution in [0.4, 0.5) is 4.39 Å². The first-order valence-corrected chi connectivity index (χ1v) is 10.2. The second-order valence-electron chi connectivity index (χ2n) is 5.76. The van der Waals surface area contributed by atoms with Crippen LogP contribution in [0, 0.1) is 12.7 Å². The van der Waals surface area contributed by atoms with Gasteiger partial charge in [-0.2, -0.15) is 0 Å². The Morgan fingerprint density at radius 2 is 1.62 bits per heavy atom. The van der Waals surface area contributed by atoms with Gasteiger partial charge in [-0.3, -0.25) is 0 Å². The minimum absolute atomic E-state index is 0.134. The van der Waals surface area contributed by atoms with Crippen molar-refractivity contribution in [1.82, 2.24) is 0 Å². The van der Waals surface area contributed by atoms with E-state index in [9.17, 15) is 4.39 Å². The summed E-state index contributed by atoms with van der Waals surface area (Å²) >= 11 is 1.76. The molecular formula is C23H31FOS. The molecule has 26 heavy (non-hydrogen) atoms. The summed E-state index contributed by atoms with van der Waals surface area (Å²) in [5.41, 5.74) is 2.85. The van der Waals surface area contributed by atoms with Crippen molar-refractivity contribution in [2.24, 2.45) is 0 Å². The molecule has 1 aromatic heterocycles.